The summed E-state index contributed by atoms with van der Waals surface area (Å²) < 4.78 is 5.45. The fraction of sp³-hybridized carbons (Fsp3) is 0. The molecule has 1 aliphatic heterocycles. The topological polar surface area (TPSA) is 12.4 Å². The SMILES string of the molecule is Br[C]1=CC=[N][In]1. The Hall–Kier alpha value is 0.760. The van der Waals surface area contributed by atoms with Crippen LogP contribution in [0.4, 0.5) is 0 Å². The van der Waals surface area contributed by atoms with Gasteiger partial charge in [0.1, 0.15) is 0 Å². The van der Waals surface area contributed by atoms with Crippen molar-refractivity contribution in [3.63, 3.8) is 0 Å². The van der Waals surface area contributed by atoms with E-state index in [1.165, 1.54) is 2.24 Å². The quantitative estimate of drug-likeness (QED) is 0.603. The first-order valence-electron chi connectivity index (χ1n) is 1.62. The Morgan fingerprint density at radius 3 is 2.83 bits per heavy atom. The molecule has 0 aliphatic carbocycles. The predicted molar refractivity (Wildman–Crippen MR) is 31.3 cm³/mol. The molecule has 0 aromatic heterocycles. The van der Waals surface area contributed by atoms with Crippen molar-refractivity contribution in [3.8, 4) is 0 Å². The molecule has 1 radical (unpaired) electrons. The molecule has 0 fully saturated rings. The summed E-state index contributed by atoms with van der Waals surface area (Å²) in [7, 11) is 0. The zero-order valence-electron chi connectivity index (χ0n) is 3.06. The molecule has 0 atom stereocenters. The van der Waals surface area contributed by atoms with Crippen molar-refractivity contribution in [2.75, 3.05) is 0 Å². The molecule has 0 saturated heterocycles. The Bertz CT molecular complexity index is 107. The molecule has 0 amide bonds. The second-order valence-corrected chi connectivity index (χ2v) is 7.67. The van der Waals surface area contributed by atoms with Crippen LogP contribution >= 0.6 is 15.9 Å². The first-order valence-corrected chi connectivity index (χ1v) is 5.53. The van der Waals surface area contributed by atoms with Crippen LogP contribution in [0.1, 0.15) is 0 Å². The molecule has 1 rings (SSSR count). The van der Waals surface area contributed by atoms with E-state index in [0.717, 1.165) is 0 Å². The molecule has 1 heterocycles. The van der Waals surface area contributed by atoms with E-state index in [4.69, 9.17) is 0 Å². The van der Waals surface area contributed by atoms with Gasteiger partial charge in [-0.3, -0.25) is 0 Å². The summed E-state index contributed by atoms with van der Waals surface area (Å²) in [6.07, 6.45) is 3.91. The second kappa shape index (κ2) is 2.17. The monoisotopic (exact) mass is 246 g/mol. The number of hydrogen-bond acceptors (Lipinski definition) is 1. The van der Waals surface area contributed by atoms with Gasteiger partial charge < -0.3 is 0 Å². The normalized spacial score (nSPS) is 17.2. The number of hydrogen-bond donors (Lipinski definition) is 0. The maximum absolute atomic E-state index is 4.09. The molecule has 0 aromatic carbocycles. The van der Waals surface area contributed by atoms with Crippen molar-refractivity contribution < 1.29 is 0 Å². The molecule has 6 heavy (non-hydrogen) atoms. The molecule has 1 nitrogen and oxygen atoms in total. The minimum atomic E-state index is -0.560. The van der Waals surface area contributed by atoms with Gasteiger partial charge in [-0.15, -0.1) is 0 Å². The van der Waals surface area contributed by atoms with E-state index in [0.29, 0.717) is 0 Å². The van der Waals surface area contributed by atoms with Crippen LogP contribution in [-0.2, 0) is 0 Å². The predicted octanol–water partition coefficient (Wildman–Crippen LogP) is 0.926. The third kappa shape index (κ3) is 1.12. The third-order valence-corrected chi connectivity index (χ3v) is 4.33. The summed E-state index contributed by atoms with van der Waals surface area (Å²) in [6.45, 7) is 0. The molecule has 0 aromatic rings. The van der Waals surface area contributed by atoms with Crippen molar-refractivity contribution in [1.29, 1.82) is 0 Å². The summed E-state index contributed by atoms with van der Waals surface area (Å²) >= 11 is 2.80. The average Bonchev–Trinajstić information content (AvgIpc) is 1.86. The van der Waals surface area contributed by atoms with Crippen molar-refractivity contribution >= 4 is 45.3 Å². The molecular weight excluding hydrogens is 245 g/mol. The standard InChI is InChI=1S/C3H2BrN.In/c4-2-1-3-5;/h1,3H;/q-1;+1. The van der Waals surface area contributed by atoms with Gasteiger partial charge in [-0.25, -0.2) is 0 Å². The molecule has 29 valence electrons. The van der Waals surface area contributed by atoms with Crippen LogP contribution in [0.15, 0.2) is 11.3 Å². The second-order valence-electron chi connectivity index (χ2n) is 0.979. The van der Waals surface area contributed by atoms with Gasteiger partial charge >= 0.3 is 56.6 Å². The van der Waals surface area contributed by atoms with Crippen molar-refractivity contribution in [3.05, 3.63) is 8.31 Å². The molecule has 0 saturated carbocycles. The van der Waals surface area contributed by atoms with E-state index in [1.807, 2.05) is 12.3 Å². The van der Waals surface area contributed by atoms with E-state index in [9.17, 15) is 0 Å². The van der Waals surface area contributed by atoms with Gasteiger partial charge in [-0.2, -0.15) is 0 Å². The van der Waals surface area contributed by atoms with Crippen LogP contribution in [0.2, 0.25) is 0 Å². The van der Waals surface area contributed by atoms with Crippen LogP contribution in [-0.4, -0.2) is 29.4 Å². The third-order valence-electron chi connectivity index (χ3n) is 0.518. The minimum absolute atomic E-state index is 0.560. The summed E-state index contributed by atoms with van der Waals surface area (Å²) in [5, 5.41) is 0. The van der Waals surface area contributed by atoms with Crippen molar-refractivity contribution in [2.24, 2.45) is 2.98 Å². The number of rotatable bonds is 0. The van der Waals surface area contributed by atoms with Crippen LogP contribution < -0.4 is 0 Å². The van der Waals surface area contributed by atoms with Crippen LogP contribution in [0.3, 0.4) is 0 Å². The maximum atomic E-state index is 4.09. The fourth-order valence-electron chi connectivity index (χ4n) is 0.272. The molecule has 0 unspecified atom stereocenters. The fourth-order valence-corrected chi connectivity index (χ4v) is 2.57. The molecule has 3 heteroatoms. The Labute approximate surface area is 56.4 Å². The molecule has 0 N–H and O–H groups in total. The van der Waals surface area contributed by atoms with E-state index >= 15 is 0 Å². The molecular formula is C3H2BrInN. The van der Waals surface area contributed by atoms with Gasteiger partial charge in [-0.1, -0.05) is 0 Å². The van der Waals surface area contributed by atoms with Gasteiger partial charge in [0.2, 0.25) is 0 Å². The summed E-state index contributed by atoms with van der Waals surface area (Å²) in [6, 6.07) is 0. The van der Waals surface area contributed by atoms with Gasteiger partial charge in [0.15, 0.2) is 0 Å². The zero-order chi connectivity index (χ0) is 4.41. The average molecular weight is 247 g/mol. The van der Waals surface area contributed by atoms with E-state index in [-0.39, 0.29) is 0 Å². The first kappa shape index (κ1) is 4.91. The summed E-state index contributed by atoms with van der Waals surface area (Å²) in [5.74, 6) is 0. The van der Waals surface area contributed by atoms with Crippen LogP contribution in [0.25, 0.3) is 0 Å². The summed E-state index contributed by atoms with van der Waals surface area (Å²) in [4.78, 5) is 0. The molecule has 1 aliphatic rings. The number of allylic oxidation sites excluding steroid dienone is 1. The number of nitrogens with zero attached hydrogens (tertiary/aromatic N) is 1. The Balaban J connectivity index is 2.61. The van der Waals surface area contributed by atoms with Gasteiger partial charge in [0.25, 0.3) is 0 Å². The summed E-state index contributed by atoms with van der Waals surface area (Å²) in [5.41, 5.74) is 0. The zero-order valence-corrected chi connectivity index (χ0v) is 7.94. The van der Waals surface area contributed by atoms with Gasteiger partial charge in [0.05, 0.1) is 0 Å². The molecule has 0 bridgehead atoms. The first-order chi connectivity index (χ1) is 2.89. The van der Waals surface area contributed by atoms with Crippen LogP contribution in [0, 0.1) is 0 Å². The van der Waals surface area contributed by atoms with Gasteiger partial charge in [0, 0.05) is 0 Å². The van der Waals surface area contributed by atoms with Crippen molar-refractivity contribution in [1.82, 2.24) is 0 Å². The Kier molecular flexibility index (Phi) is 1.77. The van der Waals surface area contributed by atoms with E-state index < -0.39 is 23.2 Å². The number of halogens is 1. The van der Waals surface area contributed by atoms with E-state index in [2.05, 4.69) is 18.9 Å². The Morgan fingerprint density at radius 2 is 2.67 bits per heavy atom. The Morgan fingerprint density at radius 1 is 1.83 bits per heavy atom. The van der Waals surface area contributed by atoms with Crippen LogP contribution in [0.5, 0.6) is 0 Å². The molecule has 0 spiro atoms. The van der Waals surface area contributed by atoms with Gasteiger partial charge in [-0.05, 0) is 0 Å². The van der Waals surface area contributed by atoms with E-state index in [1.54, 1.807) is 0 Å². The van der Waals surface area contributed by atoms with Crippen molar-refractivity contribution in [2.45, 2.75) is 0 Å².